The molecule has 6 rings (SSSR count). The van der Waals surface area contributed by atoms with E-state index in [1.807, 2.05) is 39.8 Å². The van der Waals surface area contributed by atoms with Gasteiger partial charge in [-0.1, -0.05) is 62.4 Å². The van der Waals surface area contributed by atoms with E-state index in [2.05, 4.69) is 102 Å². The van der Waals surface area contributed by atoms with E-state index < -0.39 is 22.4 Å². The van der Waals surface area contributed by atoms with Crippen molar-refractivity contribution in [3.63, 3.8) is 0 Å². The van der Waals surface area contributed by atoms with Gasteiger partial charge in [-0.15, -0.1) is 0 Å². The minimum atomic E-state index is -0.797. The number of fused-ring (bicyclic) bond motifs is 4. The number of allylic oxidation sites excluding steroid dienone is 4. The zero-order chi connectivity index (χ0) is 38.4. The molecule has 288 valence electrons. The first-order chi connectivity index (χ1) is 24.7. The maximum absolute atomic E-state index is 13.3. The molecule has 6 unspecified atom stereocenters. The number of esters is 1. The van der Waals surface area contributed by atoms with Gasteiger partial charge in [-0.05, 0) is 153 Å². The highest BCUT2D eigenvalue weighted by atomic mass is 16.6. The highest BCUT2D eigenvalue weighted by Gasteiger charge is 2.45. The first kappa shape index (κ1) is 39.3. The van der Waals surface area contributed by atoms with Gasteiger partial charge in [0.05, 0.1) is 12.5 Å². The van der Waals surface area contributed by atoms with Gasteiger partial charge in [0.2, 0.25) is 0 Å². The Bertz CT molecular complexity index is 1670. The average Bonchev–Trinajstić information content (AvgIpc) is 3.91. The third-order valence-corrected chi connectivity index (χ3v) is 12.6. The Hall–Kier alpha value is -3.38. The van der Waals surface area contributed by atoms with E-state index in [9.17, 15) is 9.59 Å². The summed E-state index contributed by atoms with van der Waals surface area (Å²) in [5, 5.41) is 0. The molecule has 0 spiro atoms. The van der Waals surface area contributed by atoms with Gasteiger partial charge >= 0.3 is 5.97 Å². The normalized spacial score (nSPS) is 25.2. The van der Waals surface area contributed by atoms with Gasteiger partial charge in [0.25, 0.3) is 0 Å². The van der Waals surface area contributed by atoms with Crippen LogP contribution in [0.2, 0.25) is 0 Å². The quantitative estimate of drug-likeness (QED) is 0.119. The number of carbonyl (C=O) groups excluding carboxylic acids is 2. The van der Waals surface area contributed by atoms with Gasteiger partial charge in [-0.3, -0.25) is 9.59 Å². The van der Waals surface area contributed by atoms with Crippen molar-refractivity contribution in [3.05, 3.63) is 84.0 Å². The number of ether oxygens (including phenoxy) is 4. The molecule has 53 heavy (non-hydrogen) atoms. The fraction of sp³-hybridized carbons (Fsp3) is 0.617. The van der Waals surface area contributed by atoms with Crippen molar-refractivity contribution in [1.29, 1.82) is 0 Å². The Balaban J connectivity index is 0.966. The van der Waals surface area contributed by atoms with E-state index >= 15 is 0 Å². The lowest BCUT2D eigenvalue weighted by atomic mass is 9.78. The van der Waals surface area contributed by atoms with Crippen molar-refractivity contribution >= 4 is 11.8 Å². The van der Waals surface area contributed by atoms with Crippen LogP contribution >= 0.6 is 0 Å². The van der Waals surface area contributed by atoms with Gasteiger partial charge < -0.3 is 18.9 Å². The summed E-state index contributed by atoms with van der Waals surface area (Å²) < 4.78 is 25.2. The lowest BCUT2D eigenvalue weighted by Crippen LogP contribution is -2.42. The molecule has 6 atom stereocenters. The predicted octanol–water partition coefficient (Wildman–Crippen LogP) is 10.6. The molecule has 2 fully saturated rings. The summed E-state index contributed by atoms with van der Waals surface area (Å²) >= 11 is 0. The Morgan fingerprint density at radius 2 is 1.02 bits per heavy atom. The van der Waals surface area contributed by atoms with E-state index in [1.54, 1.807) is 0 Å². The summed E-state index contributed by atoms with van der Waals surface area (Å²) in [4.78, 5) is 26.3. The summed E-state index contributed by atoms with van der Waals surface area (Å²) in [6.07, 6.45) is 15.2. The van der Waals surface area contributed by atoms with Gasteiger partial charge in [0, 0.05) is 17.8 Å². The largest absolute Gasteiger partial charge is 0.488 e. The number of rotatable bonds is 17. The van der Waals surface area contributed by atoms with E-state index in [-0.39, 0.29) is 29.0 Å². The van der Waals surface area contributed by atoms with E-state index in [0.717, 1.165) is 50.0 Å². The van der Waals surface area contributed by atoms with Crippen LogP contribution in [-0.2, 0) is 24.5 Å². The van der Waals surface area contributed by atoms with E-state index in [4.69, 9.17) is 18.9 Å². The van der Waals surface area contributed by atoms with Gasteiger partial charge in [0.1, 0.15) is 33.9 Å². The maximum atomic E-state index is 13.3. The molecule has 4 bridgehead atoms. The van der Waals surface area contributed by atoms with Crippen LogP contribution < -0.4 is 9.47 Å². The van der Waals surface area contributed by atoms with Crippen LogP contribution in [0.25, 0.3) is 0 Å². The second-order valence-electron chi connectivity index (χ2n) is 19.3. The summed E-state index contributed by atoms with van der Waals surface area (Å²) in [5.74, 6) is 3.77. The van der Waals surface area contributed by atoms with Crippen LogP contribution in [-0.4, -0.2) is 40.8 Å². The number of hydrogen-bond donors (Lipinski definition) is 0. The molecule has 6 heteroatoms. The zero-order valence-electron chi connectivity index (χ0n) is 34.0. The minimum absolute atomic E-state index is 0.0111. The SMILES string of the molecule is CC(C)(CCC(C)(C)Oc1ccc(C(C)(C)c2ccc(OC(C)(C)CCOC(C)(C)C(=O)C3CC4C=CC3C4)cc2)cc1)OC(=O)C1CC2C=CC1C2. The van der Waals surface area contributed by atoms with Crippen molar-refractivity contribution < 1.29 is 28.5 Å². The van der Waals surface area contributed by atoms with Crippen molar-refractivity contribution in [1.82, 2.24) is 0 Å². The Kier molecular flexibility index (Phi) is 10.9. The molecular formula is C47H64O6. The van der Waals surface area contributed by atoms with Crippen LogP contribution in [0.4, 0.5) is 0 Å². The van der Waals surface area contributed by atoms with Crippen molar-refractivity contribution in [2.75, 3.05) is 6.61 Å². The van der Waals surface area contributed by atoms with Crippen LogP contribution in [0, 0.1) is 35.5 Å². The van der Waals surface area contributed by atoms with Crippen molar-refractivity contribution in [2.24, 2.45) is 35.5 Å². The second-order valence-corrected chi connectivity index (χ2v) is 19.3. The molecule has 4 aliphatic rings. The van der Waals surface area contributed by atoms with Crippen LogP contribution in [0.1, 0.15) is 125 Å². The first-order valence-corrected chi connectivity index (χ1v) is 20.1. The van der Waals surface area contributed by atoms with E-state index in [0.29, 0.717) is 36.7 Å². The standard InChI is InChI=1S/C47H64O6/c1-43(2,23-24-44(3,4)53-42(49)40-30-32-12-14-34(40)28-32)51-37-19-15-35(16-20-37)46(7,8)36-17-21-38(22-18-36)52-45(5,6)25-26-50-47(9,10)41(48)39-29-31-11-13-33(39)27-31/h11-22,31-34,39-40H,23-30H2,1-10H3. The molecule has 0 radical (unpaired) electrons. The Morgan fingerprint density at radius 1 is 0.566 bits per heavy atom. The highest BCUT2D eigenvalue weighted by Crippen LogP contribution is 2.46. The lowest BCUT2D eigenvalue weighted by molar-refractivity contribution is -0.164. The monoisotopic (exact) mass is 724 g/mol. The summed E-state index contributed by atoms with van der Waals surface area (Å²) in [5.41, 5.74) is -0.0781. The molecule has 0 N–H and O–H groups in total. The summed E-state index contributed by atoms with van der Waals surface area (Å²) in [6, 6.07) is 16.8. The van der Waals surface area contributed by atoms with Gasteiger partial charge in [-0.25, -0.2) is 0 Å². The molecule has 0 aromatic heterocycles. The third kappa shape index (κ3) is 9.30. The fourth-order valence-electron chi connectivity index (χ4n) is 8.99. The molecular weight excluding hydrogens is 661 g/mol. The molecule has 0 amide bonds. The van der Waals surface area contributed by atoms with Crippen LogP contribution in [0.5, 0.6) is 11.5 Å². The topological polar surface area (TPSA) is 71.1 Å². The maximum Gasteiger partial charge on any atom is 0.310 e. The Labute approximate surface area is 319 Å². The number of benzene rings is 2. The fourth-order valence-corrected chi connectivity index (χ4v) is 8.99. The molecule has 0 saturated heterocycles. The number of carbonyl (C=O) groups is 2. The van der Waals surface area contributed by atoms with Crippen molar-refractivity contribution in [3.8, 4) is 11.5 Å². The minimum Gasteiger partial charge on any atom is -0.488 e. The predicted molar refractivity (Wildman–Crippen MR) is 211 cm³/mol. The molecule has 2 saturated carbocycles. The molecule has 0 aliphatic heterocycles. The number of ketones is 1. The molecule has 2 aromatic carbocycles. The smallest absolute Gasteiger partial charge is 0.310 e. The second kappa shape index (κ2) is 14.7. The van der Waals surface area contributed by atoms with Crippen molar-refractivity contribution in [2.45, 2.75) is 142 Å². The Morgan fingerprint density at radius 3 is 1.47 bits per heavy atom. The van der Waals surface area contributed by atoms with Gasteiger partial charge in [-0.2, -0.15) is 0 Å². The number of hydrogen-bond acceptors (Lipinski definition) is 6. The summed E-state index contributed by atoms with van der Waals surface area (Å²) in [7, 11) is 0. The zero-order valence-corrected chi connectivity index (χ0v) is 34.0. The third-order valence-electron chi connectivity index (χ3n) is 12.6. The van der Waals surface area contributed by atoms with E-state index in [1.165, 1.54) is 11.1 Å². The average molecular weight is 725 g/mol. The summed E-state index contributed by atoms with van der Waals surface area (Å²) in [6.45, 7) is 21.1. The number of Topliss-reactive ketones (excluding diaryl/α,β-unsaturated/α-hetero) is 1. The molecule has 0 heterocycles. The van der Waals surface area contributed by atoms with Crippen LogP contribution in [0.15, 0.2) is 72.8 Å². The highest BCUT2D eigenvalue weighted by molar-refractivity contribution is 5.89. The lowest BCUT2D eigenvalue weighted by Gasteiger charge is -2.33. The van der Waals surface area contributed by atoms with Crippen LogP contribution in [0.3, 0.4) is 0 Å². The molecule has 6 nitrogen and oxygen atoms in total. The molecule has 2 aromatic rings. The first-order valence-electron chi connectivity index (χ1n) is 20.1. The van der Waals surface area contributed by atoms with Gasteiger partial charge in [0.15, 0.2) is 5.78 Å². The molecule has 4 aliphatic carbocycles.